The number of aromatic nitrogens is 2. The number of amides is 1. The molecule has 35 heavy (non-hydrogen) atoms. The molecule has 10 heteroatoms. The number of hydrogen-bond donors (Lipinski definition) is 3. The van der Waals surface area contributed by atoms with Crippen LogP contribution in [0.25, 0.3) is 10.9 Å². The molecule has 1 amide bonds. The number of anilines is 1. The quantitative estimate of drug-likeness (QED) is 0.507. The third kappa shape index (κ3) is 5.43. The molecule has 1 saturated heterocycles. The number of nitrogens with zero attached hydrogens (tertiary/aromatic N) is 3. The molecule has 0 saturated carbocycles. The van der Waals surface area contributed by atoms with Gasteiger partial charge in [-0.3, -0.25) is 4.79 Å². The molecule has 1 aromatic carbocycles. The summed E-state index contributed by atoms with van der Waals surface area (Å²) in [6.07, 6.45) is 11.6. The first-order chi connectivity index (χ1) is 17.1. The highest BCUT2D eigenvalue weighted by atomic mass is 35.5. The molecule has 2 aliphatic heterocycles. The minimum Gasteiger partial charge on any atom is -0.381 e. The molecule has 2 atom stereocenters. The highest BCUT2D eigenvalue weighted by Crippen LogP contribution is 2.27. The minimum absolute atomic E-state index is 0.168. The van der Waals surface area contributed by atoms with Crippen LogP contribution >= 0.6 is 11.6 Å². The van der Waals surface area contributed by atoms with Crippen LogP contribution in [0.2, 0.25) is 0 Å². The maximum absolute atomic E-state index is 13.3. The van der Waals surface area contributed by atoms with Gasteiger partial charge >= 0.3 is 0 Å². The van der Waals surface area contributed by atoms with Gasteiger partial charge in [0.1, 0.15) is 6.20 Å². The van der Waals surface area contributed by atoms with Crippen molar-refractivity contribution in [3.63, 3.8) is 0 Å². The van der Waals surface area contributed by atoms with Crippen molar-refractivity contribution in [3.05, 3.63) is 64.5 Å². The molecule has 5 rings (SSSR count). The summed E-state index contributed by atoms with van der Waals surface area (Å²) < 4.78 is 10.8. The van der Waals surface area contributed by atoms with Crippen LogP contribution in [0.5, 0.6) is 0 Å². The second-order valence-electron chi connectivity index (χ2n) is 8.69. The number of benzene rings is 1. The summed E-state index contributed by atoms with van der Waals surface area (Å²) in [5.74, 6) is 0.345. The number of fused-ring (bicyclic) bond motifs is 1. The van der Waals surface area contributed by atoms with Crippen LogP contribution in [0.3, 0.4) is 0 Å². The van der Waals surface area contributed by atoms with Crippen LogP contribution in [0.4, 0.5) is 5.95 Å². The Morgan fingerprint density at radius 2 is 2.14 bits per heavy atom. The van der Waals surface area contributed by atoms with Crippen molar-refractivity contribution in [2.45, 2.75) is 37.5 Å². The summed E-state index contributed by atoms with van der Waals surface area (Å²) in [6, 6.07) is 5.34. The van der Waals surface area contributed by atoms with Crippen LogP contribution in [0.1, 0.15) is 29.6 Å². The van der Waals surface area contributed by atoms with Gasteiger partial charge in [0.2, 0.25) is 5.95 Å². The first-order valence-electron chi connectivity index (χ1n) is 11.7. The van der Waals surface area contributed by atoms with Crippen LogP contribution in [-0.2, 0) is 9.47 Å². The van der Waals surface area contributed by atoms with Gasteiger partial charge in [-0.2, -0.15) is 5.43 Å². The molecule has 0 spiro atoms. The number of nitrogens with two attached hydrogens (primary N) is 1. The zero-order valence-corrected chi connectivity index (χ0v) is 20.2. The van der Waals surface area contributed by atoms with E-state index >= 15 is 0 Å². The Bertz CT molecular complexity index is 1230. The van der Waals surface area contributed by atoms with Crippen molar-refractivity contribution in [1.82, 2.24) is 15.3 Å². The van der Waals surface area contributed by atoms with E-state index in [1.54, 1.807) is 37.1 Å². The van der Waals surface area contributed by atoms with Gasteiger partial charge in [-0.05, 0) is 43.0 Å². The zero-order chi connectivity index (χ0) is 24.2. The van der Waals surface area contributed by atoms with Crippen LogP contribution < -0.4 is 16.1 Å². The summed E-state index contributed by atoms with van der Waals surface area (Å²) in [6.45, 7) is 1.47. The molecular formula is C25H28ClN6O3+. The van der Waals surface area contributed by atoms with Crippen LogP contribution in [-0.4, -0.2) is 60.6 Å². The molecule has 4 N–H and O–H groups in total. The van der Waals surface area contributed by atoms with Gasteiger partial charge in [0, 0.05) is 48.5 Å². The Labute approximate surface area is 208 Å². The first-order valence-corrected chi connectivity index (χ1v) is 12.1. The molecule has 1 unspecified atom stereocenters. The Balaban J connectivity index is 1.36. The molecule has 9 nitrogen and oxygen atoms in total. The maximum atomic E-state index is 13.3. The molecule has 0 bridgehead atoms. The summed E-state index contributed by atoms with van der Waals surface area (Å²) >= 11 is 6.43. The molecule has 2 aromatic rings. The van der Waals surface area contributed by atoms with E-state index in [9.17, 15) is 4.79 Å². The third-order valence-corrected chi connectivity index (χ3v) is 6.73. The molecular weight excluding hydrogens is 468 g/mol. The van der Waals surface area contributed by atoms with E-state index < -0.39 is 0 Å². The maximum Gasteiger partial charge on any atom is 0.252 e. The smallest absolute Gasteiger partial charge is 0.252 e. The van der Waals surface area contributed by atoms with Crippen molar-refractivity contribution >= 4 is 40.6 Å². The fourth-order valence-corrected chi connectivity index (χ4v) is 4.69. The fourth-order valence-electron chi connectivity index (χ4n) is 4.38. The number of carbonyl (C=O) groups is 1. The van der Waals surface area contributed by atoms with E-state index in [-0.39, 0.29) is 24.1 Å². The first kappa shape index (κ1) is 23.6. The number of rotatable bonds is 7. The van der Waals surface area contributed by atoms with Gasteiger partial charge in [-0.1, -0.05) is 28.8 Å². The van der Waals surface area contributed by atoms with E-state index in [0.29, 0.717) is 28.5 Å². The van der Waals surface area contributed by atoms with Crippen LogP contribution in [0, 0.1) is 0 Å². The SMILES string of the molecule is COC1CC=C([C@H](NC(=O)c2ccc3cnc(NC4CCOCC4)nc3c2)C2=C[NH2+]N=C2)C=C1Cl. The molecule has 1 aliphatic carbocycles. The molecule has 182 valence electrons. The fraction of sp³-hybridized carbons (Fsp3) is 0.360. The van der Waals surface area contributed by atoms with E-state index in [0.717, 1.165) is 42.6 Å². The third-order valence-electron chi connectivity index (χ3n) is 6.38. The van der Waals surface area contributed by atoms with Gasteiger partial charge < -0.3 is 20.1 Å². The molecule has 0 radical (unpaired) electrons. The predicted molar refractivity (Wildman–Crippen MR) is 134 cm³/mol. The highest BCUT2D eigenvalue weighted by Gasteiger charge is 2.27. The van der Waals surface area contributed by atoms with Crippen molar-refractivity contribution in [3.8, 4) is 0 Å². The van der Waals surface area contributed by atoms with Gasteiger partial charge in [-0.15, -0.1) is 0 Å². The zero-order valence-electron chi connectivity index (χ0n) is 19.4. The van der Waals surface area contributed by atoms with E-state index in [4.69, 9.17) is 21.1 Å². The van der Waals surface area contributed by atoms with Crippen LogP contribution in [0.15, 0.2) is 64.0 Å². The Hall–Kier alpha value is -3.11. The lowest BCUT2D eigenvalue weighted by Gasteiger charge is -2.24. The van der Waals surface area contributed by atoms with E-state index in [1.807, 2.05) is 24.4 Å². The second-order valence-corrected chi connectivity index (χ2v) is 9.13. The topological polar surface area (TPSA) is 114 Å². The van der Waals surface area contributed by atoms with Crippen molar-refractivity contribution in [1.29, 1.82) is 0 Å². The number of hydrogen-bond acceptors (Lipinski definition) is 7. The number of nitrogens with one attached hydrogen (secondary N) is 2. The van der Waals surface area contributed by atoms with Crippen molar-refractivity contribution < 1.29 is 19.7 Å². The minimum atomic E-state index is -0.386. The lowest BCUT2D eigenvalue weighted by Crippen LogP contribution is -2.69. The standard InChI is InChI=1S/C25H27ClN6O3/c1-34-22-5-4-15(10-20(22)26)23(18-13-28-29-14-18)32-24(33)16-2-3-17-12-27-25(31-21(17)11-16)30-19-6-8-35-9-7-19/h2-4,10-14,19,22-23H,5-9H2,1H3,(H,28,29)(H,32,33)(H,27,30,31)/p+1/t22?,23-/m0/s1. The predicted octanol–water partition coefficient (Wildman–Crippen LogP) is 2.23. The lowest BCUT2D eigenvalue weighted by atomic mass is 9.93. The number of halogens is 1. The van der Waals surface area contributed by atoms with Gasteiger partial charge in [-0.25, -0.2) is 9.97 Å². The summed E-state index contributed by atoms with van der Waals surface area (Å²) in [5.41, 5.74) is 4.71. The van der Waals surface area contributed by atoms with Gasteiger partial charge in [0.25, 0.3) is 5.91 Å². The number of methoxy groups -OCH3 is 1. The summed E-state index contributed by atoms with van der Waals surface area (Å²) in [5, 5.41) is 12.2. The Morgan fingerprint density at radius 3 is 2.89 bits per heavy atom. The molecule has 3 aliphatic rings. The highest BCUT2D eigenvalue weighted by molar-refractivity contribution is 6.30. The van der Waals surface area contributed by atoms with Gasteiger partial charge in [0.15, 0.2) is 0 Å². The van der Waals surface area contributed by atoms with Gasteiger partial charge in [0.05, 0.1) is 29.5 Å². The van der Waals surface area contributed by atoms with E-state index in [2.05, 4.69) is 25.7 Å². The van der Waals surface area contributed by atoms with Crippen molar-refractivity contribution in [2.75, 3.05) is 25.6 Å². The number of ether oxygens (including phenoxy) is 2. The van der Waals surface area contributed by atoms with Crippen molar-refractivity contribution in [2.24, 2.45) is 5.10 Å². The normalized spacial score (nSPS) is 21.3. The largest absolute Gasteiger partial charge is 0.381 e. The summed E-state index contributed by atoms with van der Waals surface area (Å²) in [7, 11) is 1.63. The number of carbonyl (C=O) groups excluding carboxylic acids is 1. The lowest BCUT2D eigenvalue weighted by molar-refractivity contribution is -0.590. The molecule has 3 heterocycles. The molecule has 1 aromatic heterocycles. The second kappa shape index (κ2) is 10.7. The van der Waals surface area contributed by atoms with E-state index in [1.165, 1.54) is 0 Å². The average Bonchev–Trinajstić information content (AvgIpc) is 3.42. The summed E-state index contributed by atoms with van der Waals surface area (Å²) in [4.78, 5) is 22.4. The molecule has 1 fully saturated rings. The monoisotopic (exact) mass is 495 g/mol. The number of quaternary nitrogens is 1. The Kier molecular flexibility index (Phi) is 7.19. The average molecular weight is 496 g/mol. The Morgan fingerprint density at radius 1 is 1.29 bits per heavy atom.